The standard InChI is InChI=1S/C22H20N2O4/c1-15(22(25)24-17-9-12-20-21(13-17)27-14-26-20)23-16-7-10-19(11-8-16)28-18-5-3-2-4-6-18/h2-13,15,23H,14H2,1H3,(H,24,25)/t15-/m1/s1. The van der Waals surface area contributed by atoms with Crippen LogP contribution in [0, 0.1) is 0 Å². The van der Waals surface area contributed by atoms with E-state index in [4.69, 9.17) is 14.2 Å². The van der Waals surface area contributed by atoms with E-state index in [1.165, 1.54) is 0 Å². The molecule has 2 N–H and O–H groups in total. The Bertz CT molecular complexity index is 958. The highest BCUT2D eigenvalue weighted by atomic mass is 16.7. The molecule has 6 nitrogen and oxygen atoms in total. The van der Waals surface area contributed by atoms with Crippen molar-refractivity contribution in [1.29, 1.82) is 0 Å². The van der Waals surface area contributed by atoms with Crippen molar-refractivity contribution in [2.45, 2.75) is 13.0 Å². The van der Waals surface area contributed by atoms with Gasteiger partial charge in [-0.05, 0) is 55.5 Å². The van der Waals surface area contributed by atoms with E-state index >= 15 is 0 Å². The predicted octanol–water partition coefficient (Wildman–Crippen LogP) is 4.65. The summed E-state index contributed by atoms with van der Waals surface area (Å²) >= 11 is 0. The highest BCUT2D eigenvalue weighted by Crippen LogP contribution is 2.34. The largest absolute Gasteiger partial charge is 0.457 e. The third-order valence-electron chi connectivity index (χ3n) is 4.25. The fourth-order valence-corrected chi connectivity index (χ4v) is 2.78. The first-order valence-electron chi connectivity index (χ1n) is 8.97. The predicted molar refractivity (Wildman–Crippen MR) is 107 cm³/mol. The maximum Gasteiger partial charge on any atom is 0.246 e. The number of carbonyl (C=O) groups excluding carboxylic acids is 1. The molecule has 0 bridgehead atoms. The number of carbonyl (C=O) groups is 1. The zero-order chi connectivity index (χ0) is 19.3. The van der Waals surface area contributed by atoms with Crippen LogP contribution >= 0.6 is 0 Å². The monoisotopic (exact) mass is 376 g/mol. The molecule has 0 spiro atoms. The number of hydrogen-bond donors (Lipinski definition) is 2. The van der Waals surface area contributed by atoms with Gasteiger partial charge in [0.05, 0.1) is 0 Å². The summed E-state index contributed by atoms with van der Waals surface area (Å²) in [6.45, 7) is 2.01. The van der Waals surface area contributed by atoms with Gasteiger partial charge in [0.25, 0.3) is 0 Å². The fourth-order valence-electron chi connectivity index (χ4n) is 2.78. The van der Waals surface area contributed by atoms with Gasteiger partial charge >= 0.3 is 0 Å². The average molecular weight is 376 g/mol. The first-order chi connectivity index (χ1) is 13.7. The van der Waals surface area contributed by atoms with Crippen molar-refractivity contribution >= 4 is 17.3 Å². The van der Waals surface area contributed by atoms with E-state index in [1.54, 1.807) is 25.1 Å². The summed E-state index contributed by atoms with van der Waals surface area (Å²) in [5.74, 6) is 2.67. The van der Waals surface area contributed by atoms with Gasteiger partial charge in [-0.3, -0.25) is 4.79 Å². The number of nitrogens with one attached hydrogen (secondary N) is 2. The zero-order valence-electron chi connectivity index (χ0n) is 15.3. The van der Waals surface area contributed by atoms with E-state index < -0.39 is 6.04 Å². The molecule has 1 amide bonds. The van der Waals surface area contributed by atoms with Crippen LogP contribution < -0.4 is 24.8 Å². The van der Waals surface area contributed by atoms with E-state index in [1.807, 2.05) is 54.6 Å². The molecular weight excluding hydrogens is 356 g/mol. The van der Waals surface area contributed by atoms with Crippen LogP contribution in [0.5, 0.6) is 23.0 Å². The number of fused-ring (bicyclic) bond motifs is 1. The van der Waals surface area contributed by atoms with Gasteiger partial charge in [-0.25, -0.2) is 0 Å². The maximum atomic E-state index is 12.5. The number of amides is 1. The van der Waals surface area contributed by atoms with Crippen molar-refractivity contribution in [3.63, 3.8) is 0 Å². The number of rotatable bonds is 6. The van der Waals surface area contributed by atoms with Gasteiger partial charge in [0, 0.05) is 17.4 Å². The summed E-state index contributed by atoms with van der Waals surface area (Å²) in [4.78, 5) is 12.5. The SMILES string of the molecule is C[C@@H](Nc1ccc(Oc2ccccc2)cc1)C(=O)Nc1ccc2c(c1)OCO2. The summed E-state index contributed by atoms with van der Waals surface area (Å²) < 4.78 is 16.4. The minimum absolute atomic E-state index is 0.150. The molecule has 3 aromatic rings. The molecule has 1 aliphatic rings. The topological polar surface area (TPSA) is 68.8 Å². The van der Waals surface area contributed by atoms with E-state index in [9.17, 15) is 4.79 Å². The van der Waals surface area contributed by atoms with E-state index in [2.05, 4.69) is 10.6 Å². The highest BCUT2D eigenvalue weighted by molar-refractivity contribution is 5.96. The van der Waals surface area contributed by atoms with Crippen LogP contribution in [-0.2, 0) is 4.79 Å². The lowest BCUT2D eigenvalue weighted by Gasteiger charge is -2.16. The number of hydrogen-bond acceptors (Lipinski definition) is 5. The molecule has 0 aromatic heterocycles. The number of anilines is 2. The molecule has 0 saturated carbocycles. The Labute approximate surface area is 163 Å². The normalized spacial score (nSPS) is 12.9. The number of ether oxygens (including phenoxy) is 3. The molecule has 142 valence electrons. The van der Waals surface area contributed by atoms with Crippen LogP contribution in [0.2, 0.25) is 0 Å². The summed E-state index contributed by atoms with van der Waals surface area (Å²) in [5.41, 5.74) is 1.49. The van der Waals surface area contributed by atoms with Gasteiger partial charge in [0.1, 0.15) is 17.5 Å². The maximum absolute atomic E-state index is 12.5. The van der Waals surface area contributed by atoms with Gasteiger partial charge < -0.3 is 24.8 Å². The van der Waals surface area contributed by atoms with Crippen LogP contribution in [-0.4, -0.2) is 18.7 Å². The second kappa shape index (κ2) is 7.92. The Morgan fingerprint density at radius 2 is 1.57 bits per heavy atom. The van der Waals surface area contributed by atoms with Gasteiger partial charge in [0.2, 0.25) is 12.7 Å². The lowest BCUT2D eigenvalue weighted by Crippen LogP contribution is -2.31. The average Bonchev–Trinajstić information content (AvgIpc) is 3.18. The summed E-state index contributed by atoms with van der Waals surface area (Å²) in [7, 11) is 0. The van der Waals surface area contributed by atoms with E-state index in [0.29, 0.717) is 17.2 Å². The molecule has 1 aliphatic heterocycles. The Morgan fingerprint density at radius 1 is 0.893 bits per heavy atom. The van der Waals surface area contributed by atoms with Crippen molar-refractivity contribution in [3.05, 3.63) is 72.8 Å². The second-order valence-electron chi connectivity index (χ2n) is 6.36. The molecule has 0 radical (unpaired) electrons. The smallest absolute Gasteiger partial charge is 0.246 e. The van der Waals surface area contributed by atoms with Crippen LogP contribution in [0.25, 0.3) is 0 Å². The molecule has 0 unspecified atom stereocenters. The molecular formula is C22H20N2O4. The molecule has 0 saturated heterocycles. The van der Waals surface area contributed by atoms with Crippen molar-refractivity contribution in [3.8, 4) is 23.0 Å². The highest BCUT2D eigenvalue weighted by Gasteiger charge is 2.17. The van der Waals surface area contributed by atoms with Crippen LogP contribution in [0.15, 0.2) is 72.8 Å². The molecule has 0 fully saturated rings. The third-order valence-corrected chi connectivity index (χ3v) is 4.25. The Balaban J connectivity index is 1.33. The van der Waals surface area contributed by atoms with Crippen molar-refractivity contribution in [2.24, 2.45) is 0 Å². The number of benzene rings is 3. The van der Waals surface area contributed by atoms with E-state index in [0.717, 1.165) is 17.2 Å². The molecule has 4 rings (SSSR count). The molecule has 0 aliphatic carbocycles. The first-order valence-corrected chi connectivity index (χ1v) is 8.97. The van der Waals surface area contributed by atoms with Crippen LogP contribution in [0.3, 0.4) is 0 Å². The second-order valence-corrected chi connectivity index (χ2v) is 6.36. The van der Waals surface area contributed by atoms with Crippen LogP contribution in [0.1, 0.15) is 6.92 Å². The Hall–Kier alpha value is -3.67. The molecule has 1 atom stereocenters. The summed E-state index contributed by atoms with van der Waals surface area (Å²) in [5, 5.41) is 6.06. The summed E-state index contributed by atoms with van der Waals surface area (Å²) in [6, 6.07) is 21.9. The minimum atomic E-state index is -0.425. The first kappa shape index (κ1) is 17.7. The van der Waals surface area contributed by atoms with Crippen molar-refractivity contribution in [2.75, 3.05) is 17.4 Å². The van der Waals surface area contributed by atoms with Gasteiger partial charge in [-0.2, -0.15) is 0 Å². The molecule has 6 heteroatoms. The lowest BCUT2D eigenvalue weighted by molar-refractivity contribution is -0.116. The molecule has 3 aromatic carbocycles. The van der Waals surface area contributed by atoms with Crippen molar-refractivity contribution < 1.29 is 19.0 Å². The molecule has 28 heavy (non-hydrogen) atoms. The Kier molecular flexibility index (Phi) is 5.01. The zero-order valence-corrected chi connectivity index (χ0v) is 15.3. The van der Waals surface area contributed by atoms with Gasteiger partial charge in [0.15, 0.2) is 11.5 Å². The quantitative estimate of drug-likeness (QED) is 0.656. The van der Waals surface area contributed by atoms with Gasteiger partial charge in [-0.15, -0.1) is 0 Å². The minimum Gasteiger partial charge on any atom is -0.457 e. The van der Waals surface area contributed by atoms with E-state index in [-0.39, 0.29) is 12.7 Å². The Morgan fingerprint density at radius 3 is 2.36 bits per heavy atom. The molecule has 1 heterocycles. The fraction of sp³-hybridized carbons (Fsp3) is 0.136. The summed E-state index contributed by atoms with van der Waals surface area (Å²) in [6.07, 6.45) is 0. The van der Waals surface area contributed by atoms with Crippen molar-refractivity contribution in [1.82, 2.24) is 0 Å². The third kappa shape index (κ3) is 4.17. The van der Waals surface area contributed by atoms with Gasteiger partial charge in [-0.1, -0.05) is 18.2 Å². The lowest BCUT2D eigenvalue weighted by atomic mass is 10.2. The number of para-hydroxylation sites is 1. The van der Waals surface area contributed by atoms with Crippen LogP contribution in [0.4, 0.5) is 11.4 Å².